The molecule has 0 amide bonds. The third-order valence-corrected chi connectivity index (χ3v) is 3.71. The van der Waals surface area contributed by atoms with E-state index in [0.29, 0.717) is 13.1 Å². The maximum Gasteiger partial charge on any atom is 0.124 e. The predicted molar refractivity (Wildman–Crippen MR) is 88.3 cm³/mol. The Labute approximate surface area is 133 Å². The summed E-state index contributed by atoms with van der Waals surface area (Å²) in [7, 11) is 0. The van der Waals surface area contributed by atoms with Gasteiger partial charge in [-0.15, -0.1) is 0 Å². The average Bonchev–Trinajstić information content (AvgIpc) is 2.45. The summed E-state index contributed by atoms with van der Waals surface area (Å²) in [6.45, 7) is 3.12. The third kappa shape index (κ3) is 5.58. The van der Waals surface area contributed by atoms with Crippen LogP contribution < -0.4 is 5.73 Å². The molecule has 2 aromatic carbocycles. The van der Waals surface area contributed by atoms with Crippen LogP contribution in [-0.2, 0) is 13.1 Å². The molecule has 2 aromatic rings. The second-order valence-corrected chi connectivity index (χ2v) is 6.03. The number of halogens is 2. The van der Waals surface area contributed by atoms with E-state index in [4.69, 9.17) is 5.73 Å². The van der Waals surface area contributed by atoms with E-state index < -0.39 is 0 Å². The van der Waals surface area contributed by atoms with Gasteiger partial charge in [-0.1, -0.05) is 46.3 Å². The molecule has 0 saturated heterocycles. The van der Waals surface area contributed by atoms with Crippen molar-refractivity contribution >= 4 is 15.9 Å². The van der Waals surface area contributed by atoms with Crippen LogP contribution in [0.1, 0.15) is 17.5 Å². The lowest BCUT2D eigenvalue weighted by Gasteiger charge is -2.22. The Kier molecular flexibility index (Phi) is 6.36. The highest BCUT2D eigenvalue weighted by molar-refractivity contribution is 9.10. The van der Waals surface area contributed by atoms with Gasteiger partial charge in [0.1, 0.15) is 5.82 Å². The molecule has 0 atom stereocenters. The molecular weight excluding hydrogens is 331 g/mol. The van der Waals surface area contributed by atoms with Crippen LogP contribution in [0.2, 0.25) is 0 Å². The fourth-order valence-corrected chi connectivity index (χ4v) is 2.84. The van der Waals surface area contributed by atoms with Crippen LogP contribution in [0, 0.1) is 5.82 Å². The summed E-state index contributed by atoms with van der Waals surface area (Å²) in [6.07, 6.45) is 0.934. The van der Waals surface area contributed by atoms with E-state index in [2.05, 4.69) is 33.0 Å². The highest BCUT2D eigenvalue weighted by Crippen LogP contribution is 2.17. The van der Waals surface area contributed by atoms with E-state index in [-0.39, 0.29) is 5.82 Å². The monoisotopic (exact) mass is 350 g/mol. The topological polar surface area (TPSA) is 29.3 Å². The summed E-state index contributed by atoms with van der Waals surface area (Å²) in [5.74, 6) is -0.210. The quantitative estimate of drug-likeness (QED) is 0.819. The zero-order valence-corrected chi connectivity index (χ0v) is 13.5. The van der Waals surface area contributed by atoms with Crippen LogP contribution in [0.3, 0.4) is 0 Å². The first-order chi connectivity index (χ1) is 10.2. The van der Waals surface area contributed by atoms with E-state index in [9.17, 15) is 4.39 Å². The lowest BCUT2D eigenvalue weighted by atomic mass is 10.1. The third-order valence-electron chi connectivity index (χ3n) is 3.26. The van der Waals surface area contributed by atoms with E-state index in [1.54, 1.807) is 6.07 Å². The van der Waals surface area contributed by atoms with E-state index in [0.717, 1.165) is 29.5 Å². The van der Waals surface area contributed by atoms with Gasteiger partial charge in [0.05, 0.1) is 0 Å². The fraction of sp³-hybridized carbons (Fsp3) is 0.294. The van der Waals surface area contributed by atoms with Gasteiger partial charge in [-0.25, -0.2) is 4.39 Å². The molecule has 0 saturated carbocycles. The van der Waals surface area contributed by atoms with Gasteiger partial charge < -0.3 is 5.73 Å². The van der Waals surface area contributed by atoms with Crippen molar-refractivity contribution in [1.82, 2.24) is 4.90 Å². The van der Waals surface area contributed by atoms with Crippen molar-refractivity contribution in [1.29, 1.82) is 0 Å². The van der Waals surface area contributed by atoms with Crippen molar-refractivity contribution in [2.75, 3.05) is 13.1 Å². The molecule has 2 rings (SSSR count). The molecule has 0 spiro atoms. The molecule has 2 N–H and O–H groups in total. The number of benzene rings is 2. The number of hydrogen-bond acceptors (Lipinski definition) is 2. The van der Waals surface area contributed by atoms with Gasteiger partial charge in [0.25, 0.3) is 0 Å². The maximum atomic E-state index is 13.5. The van der Waals surface area contributed by atoms with Crippen LogP contribution >= 0.6 is 15.9 Å². The van der Waals surface area contributed by atoms with Crippen molar-refractivity contribution in [2.45, 2.75) is 19.5 Å². The van der Waals surface area contributed by atoms with Crippen molar-refractivity contribution in [3.8, 4) is 0 Å². The Morgan fingerprint density at radius 1 is 1.00 bits per heavy atom. The first-order valence-corrected chi connectivity index (χ1v) is 7.88. The van der Waals surface area contributed by atoms with Gasteiger partial charge in [-0.05, 0) is 42.3 Å². The molecular formula is C17H20BrFN2. The van der Waals surface area contributed by atoms with E-state index >= 15 is 0 Å². The second kappa shape index (κ2) is 8.27. The molecule has 0 aliphatic carbocycles. The molecule has 0 bridgehead atoms. The van der Waals surface area contributed by atoms with Gasteiger partial charge in [0.2, 0.25) is 0 Å². The summed E-state index contributed by atoms with van der Waals surface area (Å²) in [4.78, 5) is 2.30. The van der Waals surface area contributed by atoms with Crippen molar-refractivity contribution in [3.63, 3.8) is 0 Å². The molecule has 2 nitrogen and oxygen atoms in total. The number of nitrogens with zero attached hydrogens (tertiary/aromatic N) is 1. The molecule has 112 valence electrons. The molecule has 0 unspecified atom stereocenters. The highest BCUT2D eigenvalue weighted by atomic mass is 79.9. The molecule has 0 fully saturated rings. The molecule has 0 aliphatic rings. The van der Waals surface area contributed by atoms with Crippen molar-refractivity contribution in [2.24, 2.45) is 5.73 Å². The summed E-state index contributed by atoms with van der Waals surface area (Å²) < 4.78 is 14.3. The van der Waals surface area contributed by atoms with Gasteiger partial charge in [0, 0.05) is 24.1 Å². The van der Waals surface area contributed by atoms with Crippen LogP contribution in [0.5, 0.6) is 0 Å². The van der Waals surface area contributed by atoms with E-state index in [1.807, 2.05) is 24.3 Å². The predicted octanol–water partition coefficient (Wildman–Crippen LogP) is 3.94. The van der Waals surface area contributed by atoms with Gasteiger partial charge in [0.15, 0.2) is 0 Å². The molecule has 21 heavy (non-hydrogen) atoms. The highest BCUT2D eigenvalue weighted by Gasteiger charge is 2.08. The zero-order valence-electron chi connectivity index (χ0n) is 11.9. The normalized spacial score (nSPS) is 11.0. The van der Waals surface area contributed by atoms with Crippen molar-refractivity contribution < 1.29 is 4.39 Å². The lowest BCUT2D eigenvalue weighted by molar-refractivity contribution is 0.254. The minimum atomic E-state index is -0.210. The minimum Gasteiger partial charge on any atom is -0.330 e. The summed E-state index contributed by atoms with van der Waals surface area (Å²) in [6, 6.07) is 15.3. The SMILES string of the molecule is NCCCN(Cc1ccccc1)Cc1cc(F)cc(Br)c1. The summed E-state index contributed by atoms with van der Waals surface area (Å²) in [5.41, 5.74) is 7.84. The van der Waals surface area contributed by atoms with Crippen LogP contribution in [0.15, 0.2) is 53.0 Å². The molecule has 4 heteroatoms. The first kappa shape index (κ1) is 16.1. The maximum absolute atomic E-state index is 13.5. The average molecular weight is 351 g/mol. The van der Waals surface area contributed by atoms with Gasteiger partial charge >= 0.3 is 0 Å². The van der Waals surface area contributed by atoms with Gasteiger partial charge in [-0.2, -0.15) is 0 Å². The Bertz CT molecular complexity index is 540. The smallest absolute Gasteiger partial charge is 0.124 e. The Morgan fingerprint density at radius 3 is 2.38 bits per heavy atom. The molecule has 0 heterocycles. The van der Waals surface area contributed by atoms with Crippen molar-refractivity contribution in [3.05, 3.63) is 69.9 Å². The zero-order chi connectivity index (χ0) is 15.1. The molecule has 0 aliphatic heterocycles. The summed E-state index contributed by atoms with van der Waals surface area (Å²) in [5, 5.41) is 0. The van der Waals surface area contributed by atoms with Crippen LogP contribution in [-0.4, -0.2) is 18.0 Å². The van der Waals surface area contributed by atoms with E-state index in [1.165, 1.54) is 11.6 Å². The summed E-state index contributed by atoms with van der Waals surface area (Å²) >= 11 is 3.34. The largest absolute Gasteiger partial charge is 0.330 e. The number of rotatable bonds is 7. The molecule has 0 radical (unpaired) electrons. The lowest BCUT2D eigenvalue weighted by Crippen LogP contribution is -2.25. The van der Waals surface area contributed by atoms with Crippen LogP contribution in [0.4, 0.5) is 4.39 Å². The Morgan fingerprint density at radius 2 is 1.71 bits per heavy atom. The fourth-order valence-electron chi connectivity index (χ4n) is 2.33. The minimum absolute atomic E-state index is 0.210. The number of hydrogen-bond donors (Lipinski definition) is 1. The first-order valence-electron chi connectivity index (χ1n) is 7.08. The van der Waals surface area contributed by atoms with Gasteiger partial charge in [-0.3, -0.25) is 4.90 Å². The number of nitrogens with two attached hydrogens (primary N) is 1. The Balaban J connectivity index is 2.08. The molecule has 0 aromatic heterocycles. The Hall–Kier alpha value is -1.23. The standard InChI is InChI=1S/C17H20BrFN2/c18-16-9-15(10-17(19)11-16)13-21(8-4-7-20)12-14-5-2-1-3-6-14/h1-3,5-6,9-11H,4,7-8,12-13,20H2. The second-order valence-electron chi connectivity index (χ2n) is 5.12. The van der Waals surface area contributed by atoms with Crippen LogP contribution in [0.25, 0.3) is 0 Å².